The lowest BCUT2D eigenvalue weighted by Gasteiger charge is -2.42. The second-order valence-corrected chi connectivity index (χ2v) is 7.11. The van der Waals surface area contributed by atoms with E-state index in [9.17, 15) is 19.2 Å². The van der Waals surface area contributed by atoms with Crippen LogP contribution in [0.1, 0.15) is 31.1 Å². The minimum absolute atomic E-state index is 0.293. The summed E-state index contributed by atoms with van der Waals surface area (Å²) in [4.78, 5) is 46.9. The van der Waals surface area contributed by atoms with Crippen molar-refractivity contribution >= 4 is 39.8 Å². The van der Waals surface area contributed by atoms with Crippen molar-refractivity contribution in [2.24, 2.45) is 0 Å². The molecule has 0 aromatic heterocycles. The molecule has 0 N–H and O–H groups in total. The monoisotopic (exact) mass is 472 g/mol. The summed E-state index contributed by atoms with van der Waals surface area (Å²) in [6.45, 7) is 3.22. The molecule has 1 fully saturated rings. The maximum Gasteiger partial charge on any atom is 0.338 e. The van der Waals surface area contributed by atoms with Gasteiger partial charge in [-0.05, 0) is 12.1 Å². The van der Waals surface area contributed by atoms with Gasteiger partial charge in [-0.3, -0.25) is 14.4 Å². The van der Waals surface area contributed by atoms with Crippen molar-refractivity contribution in [3.63, 3.8) is 0 Å². The first-order valence-electron chi connectivity index (χ1n) is 8.72. The van der Waals surface area contributed by atoms with Crippen LogP contribution in [0.5, 0.6) is 0 Å². The SMILES string of the molecule is CC(=O)O[C@H]1[C@@H](OC(C)=O)[C@H](Br)O[C@H](COC(=O)c2ccccc2)[C@@H]1OC(C)=O. The van der Waals surface area contributed by atoms with E-state index in [-0.39, 0.29) is 6.61 Å². The Bertz CT molecular complexity index is 751. The summed E-state index contributed by atoms with van der Waals surface area (Å²) in [5.41, 5.74) is 0.331. The van der Waals surface area contributed by atoms with Crippen molar-refractivity contribution in [2.45, 2.75) is 50.2 Å². The molecule has 0 amide bonds. The number of alkyl halides is 1. The molecule has 0 spiro atoms. The molecule has 5 atom stereocenters. The molecule has 1 heterocycles. The zero-order valence-corrected chi connectivity index (χ0v) is 17.6. The average molecular weight is 473 g/mol. The van der Waals surface area contributed by atoms with Crippen LogP contribution in [0.15, 0.2) is 30.3 Å². The lowest BCUT2D eigenvalue weighted by atomic mass is 9.99. The van der Waals surface area contributed by atoms with E-state index in [1.54, 1.807) is 30.3 Å². The number of esters is 4. The molecule has 9 nitrogen and oxygen atoms in total. The van der Waals surface area contributed by atoms with E-state index in [0.29, 0.717) is 5.56 Å². The Morgan fingerprint density at radius 1 is 0.862 bits per heavy atom. The van der Waals surface area contributed by atoms with E-state index in [1.165, 1.54) is 20.8 Å². The van der Waals surface area contributed by atoms with Crippen LogP contribution in [0, 0.1) is 0 Å². The molecule has 0 aliphatic carbocycles. The topological polar surface area (TPSA) is 114 Å². The van der Waals surface area contributed by atoms with Gasteiger partial charge in [0.1, 0.15) is 12.7 Å². The third-order valence-corrected chi connectivity index (χ3v) is 4.61. The third kappa shape index (κ3) is 6.53. The molecular formula is C19H21BrO9. The van der Waals surface area contributed by atoms with Gasteiger partial charge < -0.3 is 23.7 Å². The molecule has 29 heavy (non-hydrogen) atoms. The summed E-state index contributed by atoms with van der Waals surface area (Å²) < 4.78 is 26.7. The van der Waals surface area contributed by atoms with Crippen LogP contribution >= 0.6 is 15.9 Å². The lowest BCUT2D eigenvalue weighted by molar-refractivity contribution is -0.234. The summed E-state index contributed by atoms with van der Waals surface area (Å²) in [6.07, 6.45) is -4.40. The molecule has 10 heteroatoms. The predicted molar refractivity (Wildman–Crippen MR) is 101 cm³/mol. The molecular weight excluding hydrogens is 452 g/mol. The largest absolute Gasteiger partial charge is 0.459 e. The molecule has 0 unspecified atom stereocenters. The first kappa shape index (κ1) is 22.8. The number of carbonyl (C=O) groups excluding carboxylic acids is 4. The van der Waals surface area contributed by atoms with Crippen LogP contribution in [0.25, 0.3) is 0 Å². The van der Waals surface area contributed by atoms with Gasteiger partial charge in [0.25, 0.3) is 0 Å². The minimum Gasteiger partial charge on any atom is -0.459 e. The van der Waals surface area contributed by atoms with E-state index < -0.39 is 53.3 Å². The Kier molecular flexibility index (Phi) is 8.15. The highest BCUT2D eigenvalue weighted by Crippen LogP contribution is 2.31. The zero-order chi connectivity index (χ0) is 21.6. The van der Waals surface area contributed by atoms with Crippen LogP contribution in [-0.4, -0.2) is 59.9 Å². The number of ether oxygens (including phenoxy) is 5. The van der Waals surface area contributed by atoms with E-state index in [1.807, 2.05) is 0 Å². The molecule has 1 aliphatic rings. The van der Waals surface area contributed by atoms with E-state index in [4.69, 9.17) is 23.7 Å². The van der Waals surface area contributed by atoms with Gasteiger partial charge in [-0.25, -0.2) is 4.79 Å². The normalized spacial score (nSPS) is 26.1. The third-order valence-electron chi connectivity index (χ3n) is 3.87. The maximum atomic E-state index is 12.2. The van der Waals surface area contributed by atoms with Gasteiger partial charge in [0, 0.05) is 20.8 Å². The second-order valence-electron chi connectivity index (χ2n) is 6.21. The molecule has 1 aromatic carbocycles. The Balaban J connectivity index is 2.22. The van der Waals surface area contributed by atoms with Gasteiger partial charge >= 0.3 is 23.9 Å². The number of carbonyl (C=O) groups is 4. The first-order chi connectivity index (χ1) is 13.7. The van der Waals surface area contributed by atoms with Crippen molar-refractivity contribution in [3.8, 4) is 0 Å². The highest BCUT2D eigenvalue weighted by Gasteiger charge is 2.51. The molecule has 2 rings (SSSR count). The minimum atomic E-state index is -1.17. The van der Waals surface area contributed by atoms with Crippen molar-refractivity contribution in [2.75, 3.05) is 6.61 Å². The summed E-state index contributed by atoms with van der Waals surface area (Å²) in [6, 6.07) is 8.29. The quantitative estimate of drug-likeness (QED) is 0.346. The zero-order valence-electron chi connectivity index (χ0n) is 16.0. The van der Waals surface area contributed by atoms with Crippen LogP contribution in [0.2, 0.25) is 0 Å². The smallest absolute Gasteiger partial charge is 0.338 e. The van der Waals surface area contributed by atoms with Crippen LogP contribution < -0.4 is 0 Å². The molecule has 1 aliphatic heterocycles. The Labute approximate surface area is 175 Å². The maximum absolute atomic E-state index is 12.2. The number of benzene rings is 1. The Hall–Kier alpha value is -2.46. The number of hydrogen-bond donors (Lipinski definition) is 0. The van der Waals surface area contributed by atoms with Gasteiger partial charge in [-0.1, -0.05) is 34.1 Å². The molecule has 0 radical (unpaired) electrons. The molecule has 158 valence electrons. The second kappa shape index (κ2) is 10.4. The average Bonchev–Trinajstić information content (AvgIpc) is 2.65. The lowest BCUT2D eigenvalue weighted by Crippen LogP contribution is -2.60. The highest BCUT2D eigenvalue weighted by molar-refractivity contribution is 9.09. The molecule has 0 saturated carbocycles. The van der Waals surface area contributed by atoms with E-state index >= 15 is 0 Å². The predicted octanol–water partition coefficient (Wildman–Crippen LogP) is 1.76. The fourth-order valence-corrected chi connectivity index (χ4v) is 3.48. The summed E-state index contributed by atoms with van der Waals surface area (Å²) >= 11 is 3.23. The van der Waals surface area contributed by atoms with Crippen molar-refractivity contribution in [3.05, 3.63) is 35.9 Å². The van der Waals surface area contributed by atoms with E-state index in [0.717, 1.165) is 0 Å². The summed E-state index contributed by atoms with van der Waals surface area (Å²) in [7, 11) is 0. The van der Waals surface area contributed by atoms with Crippen LogP contribution in [0.4, 0.5) is 0 Å². The number of halogens is 1. The molecule has 0 bridgehead atoms. The van der Waals surface area contributed by atoms with Crippen molar-refractivity contribution < 1.29 is 42.9 Å². The standard InChI is InChI=1S/C19H21BrO9/c1-10(21)26-15-14(9-25-19(24)13-7-5-4-6-8-13)29-18(20)17(28-12(3)23)16(15)27-11(2)22/h4-8,14-18H,9H2,1-3H3/t14-,15+,16-,17-,18-/m1/s1. The Morgan fingerprint density at radius 3 is 1.93 bits per heavy atom. The summed E-state index contributed by atoms with van der Waals surface area (Å²) in [5, 5.41) is -0.900. The van der Waals surface area contributed by atoms with Crippen molar-refractivity contribution in [1.29, 1.82) is 0 Å². The van der Waals surface area contributed by atoms with Crippen molar-refractivity contribution in [1.82, 2.24) is 0 Å². The van der Waals surface area contributed by atoms with Gasteiger partial charge in [-0.15, -0.1) is 0 Å². The van der Waals surface area contributed by atoms with Gasteiger partial charge in [0.2, 0.25) is 0 Å². The number of hydrogen-bond acceptors (Lipinski definition) is 9. The van der Waals surface area contributed by atoms with Crippen LogP contribution in [-0.2, 0) is 38.1 Å². The van der Waals surface area contributed by atoms with Crippen LogP contribution in [0.3, 0.4) is 0 Å². The van der Waals surface area contributed by atoms with Gasteiger partial charge in [0.05, 0.1) is 5.56 Å². The summed E-state index contributed by atoms with van der Waals surface area (Å²) in [5.74, 6) is -2.60. The fourth-order valence-electron chi connectivity index (χ4n) is 2.79. The first-order valence-corrected chi connectivity index (χ1v) is 9.64. The molecule has 1 saturated heterocycles. The molecule has 1 aromatic rings. The Morgan fingerprint density at radius 2 is 1.38 bits per heavy atom. The fraction of sp³-hybridized carbons (Fsp3) is 0.474. The number of rotatable bonds is 6. The van der Waals surface area contributed by atoms with Gasteiger partial charge in [0.15, 0.2) is 23.3 Å². The van der Waals surface area contributed by atoms with Gasteiger partial charge in [-0.2, -0.15) is 0 Å². The van der Waals surface area contributed by atoms with E-state index in [2.05, 4.69) is 15.9 Å². The highest BCUT2D eigenvalue weighted by atomic mass is 79.9.